The van der Waals surface area contributed by atoms with Gasteiger partial charge in [-0.05, 0) is 31.7 Å². The van der Waals surface area contributed by atoms with E-state index in [4.69, 9.17) is 10.8 Å². The van der Waals surface area contributed by atoms with Crippen LogP contribution in [0.4, 0.5) is 0 Å². The Morgan fingerprint density at radius 3 is 2.67 bits per heavy atom. The smallest absolute Gasteiger partial charge is 0.306 e. The molecule has 1 aliphatic carbocycles. The fraction of sp³-hybridized carbons (Fsp3) is 0.875. The molecule has 1 aliphatic rings. The first-order valence-corrected chi connectivity index (χ1v) is 4.17. The molecule has 0 heterocycles. The molecule has 1 saturated carbocycles. The van der Waals surface area contributed by atoms with Crippen molar-refractivity contribution in [3.8, 4) is 0 Å². The molecule has 0 aliphatic heterocycles. The van der Waals surface area contributed by atoms with Crippen molar-refractivity contribution < 1.29 is 9.90 Å². The first-order valence-electron chi connectivity index (χ1n) is 4.17. The van der Waals surface area contributed by atoms with E-state index in [1.54, 1.807) is 0 Å². The Kier molecular flexibility index (Phi) is 5.25. The molecule has 3 N–H and O–H groups in total. The van der Waals surface area contributed by atoms with E-state index in [0.717, 1.165) is 25.7 Å². The second-order valence-corrected chi connectivity index (χ2v) is 3.30. The molecule has 1 fully saturated rings. The van der Waals surface area contributed by atoms with Crippen molar-refractivity contribution in [1.29, 1.82) is 0 Å². The number of hydrogen-bond acceptors (Lipinski definition) is 2. The summed E-state index contributed by atoms with van der Waals surface area (Å²) in [6.07, 6.45) is 3.76. The number of rotatable bonds is 2. The van der Waals surface area contributed by atoms with E-state index in [2.05, 4.69) is 0 Å². The van der Waals surface area contributed by atoms with E-state index >= 15 is 0 Å². The fourth-order valence-electron chi connectivity index (χ4n) is 1.73. The fourth-order valence-corrected chi connectivity index (χ4v) is 1.73. The lowest BCUT2D eigenvalue weighted by Gasteiger charge is -2.25. The SMILES string of the molecule is Cl.NC[C@@H]1CCC[C@H](C(=O)O)C1. The van der Waals surface area contributed by atoms with Gasteiger partial charge in [-0.25, -0.2) is 0 Å². The van der Waals surface area contributed by atoms with Crippen LogP contribution in [0.1, 0.15) is 25.7 Å². The van der Waals surface area contributed by atoms with Gasteiger partial charge in [-0.1, -0.05) is 6.42 Å². The van der Waals surface area contributed by atoms with Gasteiger partial charge in [0.05, 0.1) is 5.92 Å². The second-order valence-electron chi connectivity index (χ2n) is 3.30. The number of hydrogen-bond donors (Lipinski definition) is 2. The molecule has 2 atom stereocenters. The maximum atomic E-state index is 10.6. The predicted molar refractivity (Wildman–Crippen MR) is 49.4 cm³/mol. The molecule has 0 saturated heterocycles. The topological polar surface area (TPSA) is 63.3 Å². The molecule has 0 unspecified atom stereocenters. The minimum atomic E-state index is -0.650. The zero-order valence-corrected chi connectivity index (χ0v) is 7.85. The van der Waals surface area contributed by atoms with Crippen molar-refractivity contribution >= 4 is 18.4 Å². The molecule has 0 amide bonds. The summed E-state index contributed by atoms with van der Waals surface area (Å²) in [7, 11) is 0. The van der Waals surface area contributed by atoms with E-state index in [9.17, 15) is 4.79 Å². The van der Waals surface area contributed by atoms with Crippen LogP contribution in [0.15, 0.2) is 0 Å². The Morgan fingerprint density at radius 1 is 1.50 bits per heavy atom. The standard InChI is InChI=1S/C8H15NO2.ClH/c9-5-6-2-1-3-7(4-6)8(10)11;/h6-7H,1-5,9H2,(H,10,11);1H/t6-,7+;/m1./s1. The van der Waals surface area contributed by atoms with Crippen LogP contribution < -0.4 is 5.73 Å². The summed E-state index contributed by atoms with van der Waals surface area (Å²) in [5.74, 6) is -0.328. The predicted octanol–water partition coefficient (Wildman–Crippen LogP) is 1.26. The maximum Gasteiger partial charge on any atom is 0.306 e. The average molecular weight is 194 g/mol. The van der Waals surface area contributed by atoms with E-state index < -0.39 is 5.97 Å². The molecular weight excluding hydrogens is 178 g/mol. The van der Waals surface area contributed by atoms with Gasteiger partial charge in [0, 0.05) is 0 Å². The van der Waals surface area contributed by atoms with Crippen LogP contribution in [0, 0.1) is 11.8 Å². The molecule has 0 aromatic carbocycles. The van der Waals surface area contributed by atoms with E-state index in [-0.39, 0.29) is 18.3 Å². The quantitative estimate of drug-likeness (QED) is 0.694. The van der Waals surface area contributed by atoms with Gasteiger partial charge in [0.25, 0.3) is 0 Å². The molecule has 0 spiro atoms. The Hall–Kier alpha value is -0.280. The largest absolute Gasteiger partial charge is 0.481 e. The average Bonchev–Trinajstić information content (AvgIpc) is 2.05. The molecule has 0 aromatic heterocycles. The summed E-state index contributed by atoms with van der Waals surface area (Å²) < 4.78 is 0. The van der Waals surface area contributed by atoms with Gasteiger partial charge in [0.15, 0.2) is 0 Å². The van der Waals surface area contributed by atoms with Crippen molar-refractivity contribution in [2.24, 2.45) is 17.6 Å². The third-order valence-corrected chi connectivity index (χ3v) is 2.47. The number of halogens is 1. The van der Waals surface area contributed by atoms with Crippen LogP contribution in [0.3, 0.4) is 0 Å². The summed E-state index contributed by atoms with van der Waals surface area (Å²) >= 11 is 0. The normalized spacial score (nSPS) is 29.1. The zero-order valence-electron chi connectivity index (χ0n) is 7.03. The van der Waals surface area contributed by atoms with Gasteiger partial charge in [-0.2, -0.15) is 0 Å². The van der Waals surface area contributed by atoms with Crippen LogP contribution in [0.2, 0.25) is 0 Å². The van der Waals surface area contributed by atoms with Crippen molar-refractivity contribution in [1.82, 2.24) is 0 Å². The number of nitrogens with two attached hydrogens (primary N) is 1. The molecule has 1 rings (SSSR count). The van der Waals surface area contributed by atoms with Crippen LogP contribution in [-0.4, -0.2) is 17.6 Å². The molecule has 3 nitrogen and oxygen atoms in total. The summed E-state index contributed by atoms with van der Waals surface area (Å²) in [5.41, 5.74) is 5.47. The highest BCUT2D eigenvalue weighted by molar-refractivity contribution is 5.85. The molecule has 0 radical (unpaired) electrons. The van der Waals surface area contributed by atoms with Gasteiger partial charge in [-0.15, -0.1) is 12.4 Å². The van der Waals surface area contributed by atoms with Crippen LogP contribution in [0.25, 0.3) is 0 Å². The number of carboxylic acid groups (broad SMARTS) is 1. The summed E-state index contributed by atoms with van der Waals surface area (Å²) in [4.78, 5) is 10.6. The van der Waals surface area contributed by atoms with Crippen molar-refractivity contribution in [3.05, 3.63) is 0 Å². The lowest BCUT2D eigenvalue weighted by molar-refractivity contribution is -0.143. The maximum absolute atomic E-state index is 10.6. The molecule has 0 bridgehead atoms. The molecule has 4 heteroatoms. The molecule has 12 heavy (non-hydrogen) atoms. The lowest BCUT2D eigenvalue weighted by atomic mass is 9.81. The summed E-state index contributed by atoms with van der Waals surface area (Å²) in [6.45, 7) is 0.643. The highest BCUT2D eigenvalue weighted by Crippen LogP contribution is 2.28. The summed E-state index contributed by atoms with van der Waals surface area (Å²) in [5, 5.41) is 8.71. The minimum Gasteiger partial charge on any atom is -0.481 e. The lowest BCUT2D eigenvalue weighted by Crippen LogP contribution is -2.26. The van der Waals surface area contributed by atoms with E-state index in [1.165, 1.54) is 0 Å². The number of aliphatic carboxylic acids is 1. The monoisotopic (exact) mass is 193 g/mol. The third-order valence-electron chi connectivity index (χ3n) is 2.47. The molecular formula is C8H16ClNO2. The van der Waals surface area contributed by atoms with Gasteiger partial charge in [0.1, 0.15) is 0 Å². The molecule has 72 valence electrons. The first-order chi connectivity index (χ1) is 5.24. The van der Waals surface area contributed by atoms with E-state index in [1.807, 2.05) is 0 Å². The number of carboxylic acids is 1. The molecule has 0 aromatic rings. The minimum absolute atomic E-state index is 0. The van der Waals surface area contributed by atoms with E-state index in [0.29, 0.717) is 12.5 Å². The highest BCUT2D eigenvalue weighted by Gasteiger charge is 2.25. The van der Waals surface area contributed by atoms with Gasteiger partial charge >= 0.3 is 5.97 Å². The first kappa shape index (κ1) is 11.7. The van der Waals surface area contributed by atoms with Crippen LogP contribution in [0.5, 0.6) is 0 Å². The Labute approximate surface area is 78.7 Å². The van der Waals surface area contributed by atoms with Gasteiger partial charge in [0.2, 0.25) is 0 Å². The highest BCUT2D eigenvalue weighted by atomic mass is 35.5. The summed E-state index contributed by atoms with van der Waals surface area (Å²) in [6, 6.07) is 0. The van der Waals surface area contributed by atoms with Gasteiger partial charge in [-0.3, -0.25) is 4.79 Å². The van der Waals surface area contributed by atoms with Crippen LogP contribution in [-0.2, 0) is 4.79 Å². The Morgan fingerprint density at radius 2 is 2.17 bits per heavy atom. The van der Waals surface area contributed by atoms with Crippen molar-refractivity contribution in [3.63, 3.8) is 0 Å². The zero-order chi connectivity index (χ0) is 8.27. The number of carbonyl (C=O) groups is 1. The third kappa shape index (κ3) is 2.99. The second kappa shape index (κ2) is 5.38. The van der Waals surface area contributed by atoms with Crippen molar-refractivity contribution in [2.75, 3.05) is 6.54 Å². The van der Waals surface area contributed by atoms with Gasteiger partial charge < -0.3 is 10.8 Å². The Balaban J connectivity index is 0.00000121. The van der Waals surface area contributed by atoms with Crippen molar-refractivity contribution in [2.45, 2.75) is 25.7 Å². The Bertz CT molecular complexity index is 152. The van der Waals surface area contributed by atoms with Crippen LogP contribution >= 0.6 is 12.4 Å².